The van der Waals surface area contributed by atoms with E-state index in [1.165, 1.54) is 0 Å². The van der Waals surface area contributed by atoms with Crippen molar-refractivity contribution in [3.63, 3.8) is 0 Å². The molecular weight excluding hydrogens is 302 g/mol. The van der Waals surface area contributed by atoms with Gasteiger partial charge in [-0.3, -0.25) is 4.79 Å². The van der Waals surface area contributed by atoms with Gasteiger partial charge < -0.3 is 19.9 Å². The number of halogens is 1. The van der Waals surface area contributed by atoms with Gasteiger partial charge in [0, 0.05) is 45.2 Å². The smallest absolute Gasteiger partial charge is 0.225 e. The highest BCUT2D eigenvalue weighted by Crippen LogP contribution is 2.26. The molecule has 0 aliphatic carbocycles. The van der Waals surface area contributed by atoms with E-state index in [1.54, 1.807) is 25.3 Å². The lowest BCUT2D eigenvalue weighted by molar-refractivity contribution is -0.116. The Balaban J connectivity index is 1.76. The molecule has 1 aliphatic rings. The number of nitrogens with one attached hydrogen (secondary N) is 1. The lowest BCUT2D eigenvalue weighted by Crippen LogP contribution is -2.46. The van der Waals surface area contributed by atoms with Gasteiger partial charge in [0.2, 0.25) is 5.91 Å². The molecule has 1 fully saturated rings. The van der Waals surface area contributed by atoms with Gasteiger partial charge in [-0.05, 0) is 18.7 Å². The third kappa shape index (κ3) is 4.87. The molecule has 5 nitrogen and oxygen atoms in total. The SMILES string of the molecule is CCN1CCN(CCC(=O)Nc2ccc(OC)cc2Cl)CC1. The second-order valence-corrected chi connectivity index (χ2v) is 5.83. The number of carbonyl (C=O) groups excluding carboxylic acids is 1. The minimum Gasteiger partial charge on any atom is -0.497 e. The van der Waals surface area contributed by atoms with E-state index in [4.69, 9.17) is 16.3 Å². The van der Waals surface area contributed by atoms with Crippen LogP contribution in [-0.4, -0.2) is 62.1 Å². The Labute approximate surface area is 137 Å². The quantitative estimate of drug-likeness (QED) is 0.872. The molecule has 1 aromatic carbocycles. The van der Waals surface area contributed by atoms with Crippen LogP contribution in [0.15, 0.2) is 18.2 Å². The summed E-state index contributed by atoms with van der Waals surface area (Å²) in [7, 11) is 1.59. The van der Waals surface area contributed by atoms with Gasteiger partial charge >= 0.3 is 0 Å². The maximum absolute atomic E-state index is 12.0. The summed E-state index contributed by atoms with van der Waals surface area (Å²) < 4.78 is 5.09. The summed E-state index contributed by atoms with van der Waals surface area (Å²) in [6.07, 6.45) is 0.481. The van der Waals surface area contributed by atoms with Gasteiger partial charge in [0.1, 0.15) is 5.75 Å². The van der Waals surface area contributed by atoms with Crippen LogP contribution in [0.25, 0.3) is 0 Å². The minimum atomic E-state index is -0.00927. The third-order valence-corrected chi connectivity index (χ3v) is 4.33. The standard InChI is InChI=1S/C16H24ClN3O2/c1-3-19-8-10-20(11-9-19)7-6-16(21)18-15-5-4-13(22-2)12-14(15)17/h4-5,12H,3,6-11H2,1-2H3,(H,18,21). The summed E-state index contributed by atoms with van der Waals surface area (Å²) in [5.74, 6) is 0.668. The van der Waals surface area contributed by atoms with Crippen LogP contribution in [0, 0.1) is 0 Å². The first-order valence-electron chi connectivity index (χ1n) is 7.70. The largest absolute Gasteiger partial charge is 0.497 e. The summed E-state index contributed by atoms with van der Waals surface area (Å²) in [4.78, 5) is 16.8. The predicted molar refractivity (Wildman–Crippen MR) is 89.8 cm³/mol. The van der Waals surface area contributed by atoms with Gasteiger partial charge in [-0.15, -0.1) is 0 Å². The van der Waals surface area contributed by atoms with E-state index in [1.807, 2.05) is 0 Å². The van der Waals surface area contributed by atoms with Crippen molar-refractivity contribution in [2.45, 2.75) is 13.3 Å². The normalized spacial score (nSPS) is 16.5. The second-order valence-electron chi connectivity index (χ2n) is 5.42. The van der Waals surface area contributed by atoms with Gasteiger partial charge in [0.25, 0.3) is 0 Å². The van der Waals surface area contributed by atoms with Crippen LogP contribution in [0.2, 0.25) is 5.02 Å². The maximum Gasteiger partial charge on any atom is 0.225 e. The number of anilines is 1. The highest BCUT2D eigenvalue weighted by atomic mass is 35.5. The highest BCUT2D eigenvalue weighted by molar-refractivity contribution is 6.33. The highest BCUT2D eigenvalue weighted by Gasteiger charge is 2.16. The first kappa shape index (κ1) is 17.1. The summed E-state index contributed by atoms with van der Waals surface area (Å²) in [6.45, 7) is 8.31. The molecule has 1 N–H and O–H groups in total. The Hall–Kier alpha value is -1.30. The van der Waals surface area contributed by atoms with Crippen molar-refractivity contribution in [3.05, 3.63) is 23.2 Å². The van der Waals surface area contributed by atoms with E-state index in [9.17, 15) is 4.79 Å². The summed E-state index contributed by atoms with van der Waals surface area (Å²) in [5, 5.41) is 3.35. The van der Waals surface area contributed by atoms with Crippen molar-refractivity contribution in [3.8, 4) is 5.75 Å². The molecule has 1 aromatic rings. The first-order valence-corrected chi connectivity index (χ1v) is 8.08. The van der Waals surface area contributed by atoms with Gasteiger partial charge in [0.05, 0.1) is 17.8 Å². The topological polar surface area (TPSA) is 44.8 Å². The fourth-order valence-electron chi connectivity index (χ4n) is 2.53. The summed E-state index contributed by atoms with van der Waals surface area (Å²) in [5.41, 5.74) is 0.628. The zero-order valence-electron chi connectivity index (χ0n) is 13.3. The molecule has 0 radical (unpaired) electrons. The number of ether oxygens (including phenoxy) is 1. The molecule has 22 heavy (non-hydrogen) atoms. The lowest BCUT2D eigenvalue weighted by atomic mass is 10.2. The molecular formula is C16H24ClN3O2. The van der Waals surface area contributed by atoms with Crippen LogP contribution in [0.3, 0.4) is 0 Å². The van der Waals surface area contributed by atoms with Crippen molar-refractivity contribution in [2.24, 2.45) is 0 Å². The fourth-order valence-corrected chi connectivity index (χ4v) is 2.74. The van der Waals surface area contributed by atoms with E-state index in [2.05, 4.69) is 22.0 Å². The number of methoxy groups -OCH3 is 1. The zero-order valence-corrected chi connectivity index (χ0v) is 14.0. The van der Waals surface area contributed by atoms with E-state index in [0.717, 1.165) is 39.3 Å². The fraction of sp³-hybridized carbons (Fsp3) is 0.562. The molecule has 1 saturated heterocycles. The lowest BCUT2D eigenvalue weighted by Gasteiger charge is -2.33. The van der Waals surface area contributed by atoms with E-state index < -0.39 is 0 Å². The number of hydrogen-bond donors (Lipinski definition) is 1. The molecule has 0 aromatic heterocycles. The summed E-state index contributed by atoms with van der Waals surface area (Å²) in [6, 6.07) is 5.24. The van der Waals surface area contributed by atoms with Crippen LogP contribution < -0.4 is 10.1 Å². The van der Waals surface area contributed by atoms with Gasteiger partial charge in [-0.1, -0.05) is 18.5 Å². The van der Waals surface area contributed by atoms with Crippen LogP contribution in [0.1, 0.15) is 13.3 Å². The number of hydrogen-bond acceptors (Lipinski definition) is 4. The molecule has 122 valence electrons. The van der Waals surface area contributed by atoms with Gasteiger partial charge in [-0.25, -0.2) is 0 Å². The third-order valence-electron chi connectivity index (χ3n) is 4.02. The van der Waals surface area contributed by atoms with Gasteiger partial charge in [-0.2, -0.15) is 0 Å². The predicted octanol–water partition coefficient (Wildman–Crippen LogP) is 2.31. The molecule has 6 heteroatoms. The Kier molecular flexibility index (Phi) is 6.49. The first-order chi connectivity index (χ1) is 10.6. The molecule has 1 amide bonds. The number of likely N-dealkylation sites (N-methyl/N-ethyl adjacent to an activating group) is 1. The average Bonchev–Trinajstić information content (AvgIpc) is 2.55. The van der Waals surface area contributed by atoms with Crippen molar-refractivity contribution in [2.75, 3.05) is 51.7 Å². The molecule has 0 saturated carbocycles. The maximum atomic E-state index is 12.0. The molecule has 0 unspecified atom stereocenters. The molecule has 0 bridgehead atoms. The molecule has 1 aliphatic heterocycles. The van der Waals surface area contributed by atoms with Crippen molar-refractivity contribution < 1.29 is 9.53 Å². The van der Waals surface area contributed by atoms with E-state index in [0.29, 0.717) is 22.9 Å². The molecule has 0 atom stereocenters. The monoisotopic (exact) mass is 325 g/mol. The van der Waals surface area contributed by atoms with Crippen LogP contribution in [-0.2, 0) is 4.79 Å². The minimum absolute atomic E-state index is 0.00927. The number of amides is 1. The Morgan fingerprint density at radius 1 is 1.27 bits per heavy atom. The van der Waals surface area contributed by atoms with E-state index in [-0.39, 0.29) is 5.91 Å². The summed E-state index contributed by atoms with van der Waals surface area (Å²) >= 11 is 6.12. The van der Waals surface area contributed by atoms with Crippen LogP contribution >= 0.6 is 11.6 Å². The van der Waals surface area contributed by atoms with Crippen molar-refractivity contribution in [1.82, 2.24) is 9.80 Å². The Morgan fingerprint density at radius 3 is 2.55 bits per heavy atom. The number of nitrogens with zero attached hydrogens (tertiary/aromatic N) is 2. The van der Waals surface area contributed by atoms with Gasteiger partial charge in [0.15, 0.2) is 0 Å². The van der Waals surface area contributed by atoms with Crippen molar-refractivity contribution in [1.29, 1.82) is 0 Å². The van der Waals surface area contributed by atoms with Crippen molar-refractivity contribution >= 4 is 23.2 Å². The van der Waals surface area contributed by atoms with Crippen LogP contribution in [0.5, 0.6) is 5.75 Å². The number of rotatable bonds is 6. The van der Waals surface area contributed by atoms with Crippen LogP contribution in [0.4, 0.5) is 5.69 Å². The second kappa shape index (κ2) is 8.36. The van der Waals surface area contributed by atoms with E-state index >= 15 is 0 Å². The zero-order chi connectivity index (χ0) is 15.9. The Morgan fingerprint density at radius 2 is 1.95 bits per heavy atom. The molecule has 0 spiro atoms. The molecule has 2 rings (SSSR count). The molecule has 1 heterocycles. The number of benzene rings is 1. The Bertz CT molecular complexity index is 502. The average molecular weight is 326 g/mol. The number of piperazine rings is 1. The number of carbonyl (C=O) groups is 1.